The zero-order chi connectivity index (χ0) is 25.6. The first-order valence-corrected chi connectivity index (χ1v) is 15.0. The summed E-state index contributed by atoms with van der Waals surface area (Å²) < 4.78 is 12.9. The molecule has 2 nitrogen and oxygen atoms in total. The second-order valence-corrected chi connectivity index (χ2v) is 10.7. The average Bonchev–Trinajstić information content (AvgIpc) is 2.88. The summed E-state index contributed by atoms with van der Waals surface area (Å²) in [6.45, 7) is 5.86. The highest BCUT2D eigenvalue weighted by atomic mass is 35.5. The van der Waals surface area contributed by atoms with Crippen LogP contribution in [-0.4, -0.2) is 13.2 Å². The molecule has 0 radical (unpaired) electrons. The Balaban J connectivity index is 1.76. The lowest BCUT2D eigenvalue weighted by Gasteiger charge is -2.19. The molecule has 0 spiro atoms. The molecule has 0 heterocycles. The summed E-state index contributed by atoms with van der Waals surface area (Å²) in [5, 5.41) is 5.16. The standard InChI is InChI=1S/C32H44Cl2O2/c1-3-5-7-9-11-13-15-23-35-31-25-19-17-22-28(34)30(25)32(26-20-18-21-27(33)29(26)31)36-24-16-14-12-10-8-6-4-2/h17-22H,3-16,23-24H2,1-2H3. The Morgan fingerprint density at radius 2 is 0.861 bits per heavy atom. The van der Waals surface area contributed by atoms with Crippen LogP contribution in [-0.2, 0) is 0 Å². The number of rotatable bonds is 18. The van der Waals surface area contributed by atoms with E-state index >= 15 is 0 Å². The van der Waals surface area contributed by atoms with E-state index in [1.165, 1.54) is 77.0 Å². The summed E-state index contributed by atoms with van der Waals surface area (Å²) in [4.78, 5) is 0. The fourth-order valence-corrected chi connectivity index (χ4v) is 5.44. The summed E-state index contributed by atoms with van der Waals surface area (Å²) in [6, 6.07) is 12.0. The van der Waals surface area contributed by atoms with Gasteiger partial charge in [-0.3, -0.25) is 0 Å². The predicted molar refractivity (Wildman–Crippen MR) is 158 cm³/mol. The van der Waals surface area contributed by atoms with Crippen molar-refractivity contribution in [2.45, 2.75) is 104 Å². The van der Waals surface area contributed by atoms with Crippen LogP contribution in [0, 0.1) is 0 Å². The largest absolute Gasteiger partial charge is 0.492 e. The molecule has 0 aliphatic rings. The number of halogens is 2. The first kappa shape index (κ1) is 28.9. The number of benzene rings is 3. The molecule has 4 heteroatoms. The smallest absolute Gasteiger partial charge is 0.136 e. The second-order valence-electron chi connectivity index (χ2n) is 9.92. The van der Waals surface area contributed by atoms with Gasteiger partial charge in [-0.15, -0.1) is 0 Å². The van der Waals surface area contributed by atoms with Crippen LogP contribution in [0.4, 0.5) is 0 Å². The number of unbranched alkanes of at least 4 members (excludes halogenated alkanes) is 12. The van der Waals surface area contributed by atoms with Crippen molar-refractivity contribution in [3.63, 3.8) is 0 Å². The highest BCUT2D eigenvalue weighted by molar-refractivity contribution is 6.40. The third kappa shape index (κ3) is 8.18. The Morgan fingerprint density at radius 3 is 1.25 bits per heavy atom. The number of hydrogen-bond donors (Lipinski definition) is 0. The molecule has 0 saturated carbocycles. The molecule has 3 aromatic rings. The number of hydrogen-bond acceptors (Lipinski definition) is 2. The van der Waals surface area contributed by atoms with Gasteiger partial charge in [0.1, 0.15) is 11.5 Å². The van der Waals surface area contributed by atoms with Crippen LogP contribution >= 0.6 is 23.2 Å². The van der Waals surface area contributed by atoms with Crippen LogP contribution in [0.15, 0.2) is 36.4 Å². The lowest BCUT2D eigenvalue weighted by molar-refractivity contribution is 0.306. The molecule has 0 unspecified atom stereocenters. The molecular formula is C32H44Cl2O2. The monoisotopic (exact) mass is 530 g/mol. The summed E-state index contributed by atoms with van der Waals surface area (Å²) in [6.07, 6.45) is 17.5. The molecule has 3 aromatic carbocycles. The van der Waals surface area contributed by atoms with Gasteiger partial charge < -0.3 is 9.47 Å². The quantitative estimate of drug-likeness (QED) is 0.120. The van der Waals surface area contributed by atoms with Crippen LogP contribution < -0.4 is 9.47 Å². The van der Waals surface area contributed by atoms with E-state index in [9.17, 15) is 0 Å². The third-order valence-electron chi connectivity index (χ3n) is 6.96. The zero-order valence-corrected chi connectivity index (χ0v) is 23.9. The van der Waals surface area contributed by atoms with Crippen molar-refractivity contribution in [2.24, 2.45) is 0 Å². The summed E-state index contributed by atoms with van der Waals surface area (Å²) in [5.41, 5.74) is 0. The molecule has 3 rings (SSSR count). The Hall–Kier alpha value is -1.64. The first-order valence-electron chi connectivity index (χ1n) is 14.3. The van der Waals surface area contributed by atoms with E-state index in [2.05, 4.69) is 26.0 Å². The molecule has 0 N–H and O–H groups in total. The molecule has 0 saturated heterocycles. The van der Waals surface area contributed by atoms with Gasteiger partial charge in [0.15, 0.2) is 0 Å². The fraction of sp³-hybridized carbons (Fsp3) is 0.562. The van der Waals surface area contributed by atoms with E-state index in [1.807, 2.05) is 24.3 Å². The molecule has 198 valence electrons. The van der Waals surface area contributed by atoms with Crippen LogP contribution in [0.1, 0.15) is 104 Å². The average molecular weight is 532 g/mol. The normalized spacial score (nSPS) is 11.4. The van der Waals surface area contributed by atoms with E-state index in [4.69, 9.17) is 32.7 Å². The molecule has 0 atom stereocenters. The number of fused-ring (bicyclic) bond motifs is 2. The zero-order valence-electron chi connectivity index (χ0n) is 22.4. The highest BCUT2D eigenvalue weighted by Crippen LogP contribution is 2.47. The predicted octanol–water partition coefficient (Wildman–Crippen LogP) is 11.6. The molecular weight excluding hydrogens is 487 g/mol. The van der Waals surface area contributed by atoms with Crippen molar-refractivity contribution in [1.82, 2.24) is 0 Å². The summed E-state index contributed by atoms with van der Waals surface area (Å²) in [5.74, 6) is 1.64. The molecule has 0 bridgehead atoms. The van der Waals surface area contributed by atoms with Gasteiger partial charge in [-0.05, 0) is 25.0 Å². The van der Waals surface area contributed by atoms with Gasteiger partial charge in [-0.2, -0.15) is 0 Å². The van der Waals surface area contributed by atoms with Gasteiger partial charge in [0, 0.05) is 21.5 Å². The van der Waals surface area contributed by atoms with Crippen molar-refractivity contribution < 1.29 is 9.47 Å². The van der Waals surface area contributed by atoms with Crippen LogP contribution in [0.3, 0.4) is 0 Å². The minimum absolute atomic E-state index is 0.675. The van der Waals surface area contributed by atoms with E-state index in [-0.39, 0.29) is 0 Å². The van der Waals surface area contributed by atoms with Gasteiger partial charge in [0.2, 0.25) is 0 Å². The van der Waals surface area contributed by atoms with Crippen molar-refractivity contribution in [2.75, 3.05) is 13.2 Å². The van der Waals surface area contributed by atoms with Gasteiger partial charge in [-0.1, -0.05) is 138 Å². The number of ether oxygens (including phenoxy) is 2. The van der Waals surface area contributed by atoms with Gasteiger partial charge in [0.25, 0.3) is 0 Å². The second kappa shape index (κ2) is 16.3. The molecule has 0 fully saturated rings. The van der Waals surface area contributed by atoms with Crippen LogP contribution in [0.2, 0.25) is 10.0 Å². The Kier molecular flexibility index (Phi) is 13.1. The molecule has 0 aromatic heterocycles. The molecule has 0 aliphatic heterocycles. The topological polar surface area (TPSA) is 18.5 Å². The van der Waals surface area contributed by atoms with Crippen molar-refractivity contribution >= 4 is 44.7 Å². The Morgan fingerprint density at radius 1 is 0.500 bits per heavy atom. The minimum Gasteiger partial charge on any atom is -0.492 e. The lowest BCUT2D eigenvalue weighted by Crippen LogP contribution is -2.03. The third-order valence-corrected chi connectivity index (χ3v) is 7.59. The van der Waals surface area contributed by atoms with E-state index in [1.54, 1.807) is 0 Å². The van der Waals surface area contributed by atoms with Crippen molar-refractivity contribution in [3.8, 4) is 11.5 Å². The van der Waals surface area contributed by atoms with Crippen molar-refractivity contribution in [1.29, 1.82) is 0 Å². The maximum atomic E-state index is 6.76. The van der Waals surface area contributed by atoms with E-state index in [0.717, 1.165) is 45.9 Å². The van der Waals surface area contributed by atoms with Crippen LogP contribution in [0.5, 0.6) is 11.5 Å². The minimum atomic E-state index is 0.675. The SMILES string of the molecule is CCCCCCCCCOc1c2cccc(Cl)c2c(OCCCCCCCCC)c2cccc(Cl)c12. The summed E-state index contributed by atoms with van der Waals surface area (Å²) >= 11 is 13.5. The summed E-state index contributed by atoms with van der Waals surface area (Å²) in [7, 11) is 0. The van der Waals surface area contributed by atoms with Crippen molar-refractivity contribution in [3.05, 3.63) is 46.4 Å². The van der Waals surface area contributed by atoms with Crippen LogP contribution in [0.25, 0.3) is 21.5 Å². The first-order chi connectivity index (χ1) is 17.7. The fourth-order valence-electron chi connectivity index (χ4n) is 4.92. The molecule has 0 aliphatic carbocycles. The maximum absolute atomic E-state index is 6.76. The Bertz CT molecular complexity index is 978. The van der Waals surface area contributed by atoms with Gasteiger partial charge >= 0.3 is 0 Å². The molecule has 0 amide bonds. The molecule has 36 heavy (non-hydrogen) atoms. The van der Waals surface area contributed by atoms with E-state index in [0.29, 0.717) is 23.3 Å². The van der Waals surface area contributed by atoms with E-state index < -0.39 is 0 Å². The maximum Gasteiger partial charge on any atom is 0.136 e. The van der Waals surface area contributed by atoms with Gasteiger partial charge in [0.05, 0.1) is 23.3 Å². The Labute approximate surface area is 228 Å². The van der Waals surface area contributed by atoms with Gasteiger partial charge in [-0.25, -0.2) is 0 Å². The lowest BCUT2D eigenvalue weighted by atomic mass is 10.00. The highest BCUT2D eigenvalue weighted by Gasteiger charge is 2.20.